The van der Waals surface area contributed by atoms with Gasteiger partial charge in [-0.15, -0.1) is 5.10 Å². The summed E-state index contributed by atoms with van der Waals surface area (Å²) in [6, 6.07) is 33.7. The fourth-order valence-corrected chi connectivity index (χ4v) is 6.19. The second kappa shape index (κ2) is 15.2. The van der Waals surface area contributed by atoms with E-state index in [0.29, 0.717) is 25.3 Å². The van der Waals surface area contributed by atoms with E-state index >= 15 is 0 Å². The maximum absolute atomic E-state index is 12.5. The molecule has 0 saturated carbocycles. The topological polar surface area (TPSA) is 123 Å². The molecule has 1 aliphatic rings. The van der Waals surface area contributed by atoms with Gasteiger partial charge < -0.3 is 25.2 Å². The molecule has 3 atom stereocenters. The molecule has 3 N–H and O–H groups in total. The Hall–Kier alpha value is -4.55. The van der Waals surface area contributed by atoms with Gasteiger partial charge in [-0.05, 0) is 43.8 Å². The smallest absolute Gasteiger partial charge is 0.315 e. The molecule has 0 aliphatic carbocycles. The molecule has 0 radical (unpaired) electrons. The molecule has 2 heterocycles. The van der Waals surface area contributed by atoms with Gasteiger partial charge in [0.25, 0.3) is 0 Å². The van der Waals surface area contributed by atoms with Gasteiger partial charge in [0.15, 0.2) is 6.29 Å². The zero-order valence-corrected chi connectivity index (χ0v) is 26.3. The molecule has 11 heteroatoms. The summed E-state index contributed by atoms with van der Waals surface area (Å²) in [6.07, 6.45) is -0.194. The minimum Gasteiger partial charge on any atom is -0.392 e. The fourth-order valence-electron chi connectivity index (χ4n) is 5.33. The van der Waals surface area contributed by atoms with Crippen LogP contribution in [0.15, 0.2) is 108 Å². The number of carbonyl (C=O) groups excluding carboxylic acids is 1. The quantitative estimate of drug-likeness (QED) is 0.158. The van der Waals surface area contributed by atoms with Gasteiger partial charge in [0.05, 0.1) is 18.8 Å². The largest absolute Gasteiger partial charge is 0.392 e. The number of hydrogen-bond donors (Lipinski definition) is 3. The summed E-state index contributed by atoms with van der Waals surface area (Å²) in [7, 11) is 1.82. The van der Waals surface area contributed by atoms with Crippen molar-refractivity contribution in [1.82, 2.24) is 30.8 Å². The van der Waals surface area contributed by atoms with E-state index in [-0.39, 0.29) is 24.8 Å². The van der Waals surface area contributed by atoms with Crippen molar-refractivity contribution in [2.75, 3.05) is 5.75 Å². The first-order valence-corrected chi connectivity index (χ1v) is 16.1. The maximum Gasteiger partial charge on any atom is 0.315 e. The van der Waals surface area contributed by atoms with E-state index in [4.69, 9.17) is 9.47 Å². The number of aromatic nitrogens is 4. The van der Waals surface area contributed by atoms with Crippen LogP contribution < -0.4 is 10.6 Å². The average Bonchev–Trinajstić information content (AvgIpc) is 3.53. The summed E-state index contributed by atoms with van der Waals surface area (Å²) in [5.74, 6) is 0.663. The van der Waals surface area contributed by atoms with Crippen molar-refractivity contribution in [1.29, 1.82) is 0 Å². The van der Waals surface area contributed by atoms with Crippen molar-refractivity contribution in [2.24, 2.45) is 7.05 Å². The number of rotatable bonds is 11. The van der Waals surface area contributed by atoms with E-state index in [1.165, 1.54) is 0 Å². The van der Waals surface area contributed by atoms with E-state index in [2.05, 4.69) is 44.4 Å². The van der Waals surface area contributed by atoms with Crippen LogP contribution in [0.1, 0.15) is 46.6 Å². The molecule has 46 heavy (non-hydrogen) atoms. The molecule has 6 rings (SSSR count). The SMILES string of the molecule is Cn1nnnc1SC[C@@H]1C[C@H](c2ccc(CO)cc2)O[C@H](c2ccc(-c3ccccc3CNC(=O)NCc3ccccc3)cc2)O1. The lowest BCUT2D eigenvalue weighted by Gasteiger charge is -2.36. The minimum atomic E-state index is -0.571. The van der Waals surface area contributed by atoms with Crippen molar-refractivity contribution >= 4 is 17.8 Å². The lowest BCUT2D eigenvalue weighted by molar-refractivity contribution is -0.245. The van der Waals surface area contributed by atoms with E-state index < -0.39 is 6.29 Å². The lowest BCUT2D eigenvalue weighted by Crippen LogP contribution is -2.34. The summed E-state index contributed by atoms with van der Waals surface area (Å²) in [5.41, 5.74) is 6.92. The number of thioether (sulfide) groups is 1. The molecule has 10 nitrogen and oxygen atoms in total. The monoisotopic (exact) mass is 636 g/mol. The van der Waals surface area contributed by atoms with Gasteiger partial charge in [-0.3, -0.25) is 0 Å². The Morgan fingerprint density at radius 3 is 2.33 bits per heavy atom. The van der Waals surface area contributed by atoms with Crippen LogP contribution in [0.3, 0.4) is 0 Å². The van der Waals surface area contributed by atoms with E-state index in [1.807, 2.05) is 92.0 Å². The molecule has 1 fully saturated rings. The number of aliphatic hydroxyl groups excluding tert-OH is 1. The Morgan fingerprint density at radius 2 is 1.59 bits per heavy atom. The Bertz CT molecular complexity index is 1720. The Labute approximate surface area is 272 Å². The van der Waals surface area contributed by atoms with Crippen LogP contribution >= 0.6 is 11.8 Å². The first-order valence-electron chi connectivity index (χ1n) is 15.2. The third-order valence-electron chi connectivity index (χ3n) is 7.84. The number of urea groups is 1. The van der Waals surface area contributed by atoms with Crippen molar-refractivity contribution in [3.8, 4) is 11.1 Å². The van der Waals surface area contributed by atoms with Gasteiger partial charge in [-0.2, -0.15) is 0 Å². The summed E-state index contributed by atoms with van der Waals surface area (Å²) in [5, 5.41) is 27.9. The number of aryl methyl sites for hydroxylation is 1. The standard InChI is InChI=1S/C35H36N6O4S/c1-41-35(38-39-40-41)46-23-30-19-32(27-13-11-25(22-42)12-14-27)45-33(44-30)28-17-15-26(16-18-28)31-10-6-5-9-29(31)21-37-34(43)36-20-24-7-3-2-4-8-24/h2-18,30,32-33,42H,19-23H2,1H3,(H2,36,37,43)/t30-,32+,33+/m0/s1. The van der Waals surface area contributed by atoms with Crippen molar-refractivity contribution in [3.63, 3.8) is 0 Å². The number of nitrogens with zero attached hydrogens (tertiary/aromatic N) is 4. The molecular weight excluding hydrogens is 600 g/mol. The highest BCUT2D eigenvalue weighted by molar-refractivity contribution is 7.99. The number of aliphatic hydroxyl groups is 1. The molecule has 1 aromatic heterocycles. The van der Waals surface area contributed by atoms with Crippen LogP contribution in [0.4, 0.5) is 4.79 Å². The van der Waals surface area contributed by atoms with Crippen molar-refractivity contribution in [3.05, 3.63) is 131 Å². The lowest BCUT2D eigenvalue weighted by atomic mass is 9.98. The highest BCUT2D eigenvalue weighted by Gasteiger charge is 2.32. The number of hydrogen-bond acceptors (Lipinski definition) is 8. The molecule has 5 aromatic rings. The number of tetrazole rings is 1. The molecule has 0 bridgehead atoms. The van der Waals surface area contributed by atoms with Crippen molar-refractivity contribution in [2.45, 2.75) is 49.8 Å². The van der Waals surface area contributed by atoms with E-state index in [1.54, 1.807) is 16.4 Å². The van der Waals surface area contributed by atoms with Crippen molar-refractivity contribution < 1.29 is 19.4 Å². The van der Waals surface area contributed by atoms with Gasteiger partial charge in [0.1, 0.15) is 0 Å². The third-order valence-corrected chi connectivity index (χ3v) is 8.98. The highest BCUT2D eigenvalue weighted by Crippen LogP contribution is 2.39. The van der Waals surface area contributed by atoms with Crippen LogP contribution in [0.2, 0.25) is 0 Å². The maximum atomic E-state index is 12.5. The highest BCUT2D eigenvalue weighted by atomic mass is 32.2. The number of carbonyl (C=O) groups is 1. The number of ether oxygens (including phenoxy) is 2. The number of amides is 2. The summed E-state index contributed by atoms with van der Waals surface area (Å²) < 4.78 is 14.6. The summed E-state index contributed by atoms with van der Waals surface area (Å²) >= 11 is 1.55. The zero-order chi connectivity index (χ0) is 31.7. The third kappa shape index (κ3) is 7.99. The van der Waals surface area contributed by atoms with Gasteiger partial charge in [0.2, 0.25) is 5.16 Å². The predicted octanol–water partition coefficient (Wildman–Crippen LogP) is 5.71. The molecular formula is C35H36N6O4S. The molecule has 0 unspecified atom stereocenters. The molecule has 236 valence electrons. The Morgan fingerprint density at radius 1 is 0.870 bits per heavy atom. The normalized spacial score (nSPS) is 17.8. The van der Waals surface area contributed by atoms with Gasteiger partial charge in [-0.25, -0.2) is 9.48 Å². The number of nitrogens with one attached hydrogen (secondary N) is 2. The van der Waals surface area contributed by atoms with Crippen LogP contribution in [0, 0.1) is 0 Å². The second-order valence-corrected chi connectivity index (χ2v) is 12.0. The average molecular weight is 637 g/mol. The predicted molar refractivity (Wildman–Crippen MR) is 175 cm³/mol. The number of benzene rings is 4. The van der Waals surface area contributed by atoms with Crippen LogP contribution in [-0.4, -0.2) is 43.2 Å². The molecule has 0 spiro atoms. The van der Waals surface area contributed by atoms with Crippen LogP contribution in [0.25, 0.3) is 11.1 Å². The second-order valence-electron chi connectivity index (χ2n) is 11.0. The van der Waals surface area contributed by atoms with E-state index in [0.717, 1.165) is 44.1 Å². The molecule has 1 aliphatic heterocycles. The minimum absolute atomic E-state index is 0.00443. The van der Waals surface area contributed by atoms with E-state index in [9.17, 15) is 9.90 Å². The van der Waals surface area contributed by atoms with Gasteiger partial charge in [-0.1, -0.05) is 115 Å². The van der Waals surface area contributed by atoms with Gasteiger partial charge >= 0.3 is 6.03 Å². The Balaban J connectivity index is 1.14. The first-order chi connectivity index (χ1) is 22.6. The first kappa shape index (κ1) is 31.4. The van der Waals surface area contributed by atoms with Crippen LogP contribution in [-0.2, 0) is 36.2 Å². The molecule has 4 aromatic carbocycles. The fraction of sp³-hybridized carbons (Fsp3) is 0.257. The van der Waals surface area contributed by atoms with Gasteiger partial charge in [0, 0.05) is 37.9 Å². The summed E-state index contributed by atoms with van der Waals surface area (Å²) in [4.78, 5) is 12.5. The zero-order valence-electron chi connectivity index (χ0n) is 25.5. The van der Waals surface area contributed by atoms with Crippen LogP contribution in [0.5, 0.6) is 0 Å². The summed E-state index contributed by atoms with van der Waals surface area (Å²) in [6.45, 7) is 0.854. The Kier molecular flexibility index (Phi) is 10.4. The molecule has 1 saturated heterocycles. The molecule has 2 amide bonds.